The molecule has 2 aromatic rings. The molecule has 8 heteroatoms. The molecule has 0 aliphatic carbocycles. The molecule has 1 aliphatic rings. The third-order valence-corrected chi connectivity index (χ3v) is 7.12. The molecule has 0 aromatic heterocycles. The van der Waals surface area contributed by atoms with Crippen LogP contribution in [0, 0.1) is 5.82 Å². The van der Waals surface area contributed by atoms with Gasteiger partial charge in [-0.3, -0.25) is 0 Å². The van der Waals surface area contributed by atoms with Crippen molar-refractivity contribution in [2.45, 2.75) is 24.2 Å². The summed E-state index contributed by atoms with van der Waals surface area (Å²) in [6.45, 7) is 3.57. The zero-order chi connectivity index (χ0) is 20.9. The number of nitrogens with one attached hydrogen (secondary N) is 1. The Kier molecular flexibility index (Phi) is 6.87. The van der Waals surface area contributed by atoms with Gasteiger partial charge in [-0.25, -0.2) is 17.6 Å². The minimum absolute atomic E-state index is 0.0657. The first kappa shape index (κ1) is 21.3. The number of hydrogen-bond donors (Lipinski definition) is 1. The molecule has 29 heavy (non-hydrogen) atoms. The van der Waals surface area contributed by atoms with Gasteiger partial charge >= 0.3 is 6.03 Å². The van der Waals surface area contributed by atoms with Gasteiger partial charge in [-0.05, 0) is 30.2 Å². The lowest BCUT2D eigenvalue weighted by Gasteiger charge is -2.34. The lowest BCUT2D eigenvalue weighted by molar-refractivity contribution is 0.171. The fraction of sp³-hybridized carbons (Fsp3) is 0.381. The predicted octanol–water partition coefficient (Wildman–Crippen LogP) is 3.04. The quantitative estimate of drug-likeness (QED) is 0.783. The Morgan fingerprint density at radius 3 is 2.38 bits per heavy atom. The lowest BCUT2D eigenvalue weighted by atomic mass is 9.97. The van der Waals surface area contributed by atoms with Gasteiger partial charge in [0.25, 0.3) is 0 Å². The number of hydrogen-bond acceptors (Lipinski definition) is 3. The van der Waals surface area contributed by atoms with Crippen LogP contribution >= 0.6 is 0 Å². The molecule has 0 radical (unpaired) electrons. The van der Waals surface area contributed by atoms with E-state index in [1.807, 2.05) is 18.2 Å². The minimum atomic E-state index is -3.76. The van der Waals surface area contributed by atoms with E-state index in [1.165, 1.54) is 28.1 Å². The summed E-state index contributed by atoms with van der Waals surface area (Å²) < 4.78 is 40.0. The van der Waals surface area contributed by atoms with Gasteiger partial charge in [-0.15, -0.1) is 0 Å². The number of urea groups is 1. The number of rotatable bonds is 6. The Hall–Kier alpha value is -2.45. The van der Waals surface area contributed by atoms with E-state index >= 15 is 0 Å². The van der Waals surface area contributed by atoms with E-state index in [9.17, 15) is 17.6 Å². The van der Waals surface area contributed by atoms with Gasteiger partial charge < -0.3 is 10.2 Å². The van der Waals surface area contributed by atoms with E-state index < -0.39 is 15.8 Å². The van der Waals surface area contributed by atoms with Crippen molar-refractivity contribution in [3.63, 3.8) is 0 Å². The maximum atomic E-state index is 13.4. The Morgan fingerprint density at radius 2 is 1.76 bits per heavy atom. The second-order valence-electron chi connectivity index (χ2n) is 7.05. The van der Waals surface area contributed by atoms with Gasteiger partial charge in [0.1, 0.15) is 5.82 Å². The molecule has 0 unspecified atom stereocenters. The zero-order valence-electron chi connectivity index (χ0n) is 16.4. The van der Waals surface area contributed by atoms with E-state index in [-0.39, 0.29) is 29.9 Å². The highest BCUT2D eigenvalue weighted by molar-refractivity contribution is 7.89. The number of piperazine rings is 1. The second-order valence-corrected chi connectivity index (χ2v) is 8.99. The molecule has 1 atom stereocenters. The summed E-state index contributed by atoms with van der Waals surface area (Å²) in [5.41, 5.74) is 1.18. The molecule has 156 valence electrons. The second kappa shape index (κ2) is 9.37. The third kappa shape index (κ3) is 5.13. The van der Waals surface area contributed by atoms with Crippen molar-refractivity contribution in [2.24, 2.45) is 0 Å². The van der Waals surface area contributed by atoms with Crippen molar-refractivity contribution >= 4 is 16.1 Å². The average Bonchev–Trinajstić information content (AvgIpc) is 2.75. The Morgan fingerprint density at radius 1 is 1.07 bits per heavy atom. The molecule has 2 amide bonds. The number of benzene rings is 2. The summed E-state index contributed by atoms with van der Waals surface area (Å²) in [6.07, 6.45) is 0.907. The number of nitrogens with zero attached hydrogens (tertiary/aromatic N) is 2. The molecule has 0 spiro atoms. The van der Waals surface area contributed by atoms with Gasteiger partial charge in [0.15, 0.2) is 0 Å². The van der Waals surface area contributed by atoms with E-state index in [1.54, 1.807) is 4.90 Å². The Labute approximate surface area is 171 Å². The molecule has 1 heterocycles. The first-order valence-electron chi connectivity index (χ1n) is 9.75. The summed E-state index contributed by atoms with van der Waals surface area (Å²) in [5, 5.41) is 2.96. The molecule has 1 aliphatic heterocycles. The van der Waals surface area contributed by atoms with Crippen molar-refractivity contribution in [1.29, 1.82) is 0 Å². The van der Waals surface area contributed by atoms with Crippen LogP contribution in [0.3, 0.4) is 0 Å². The first-order chi connectivity index (χ1) is 13.9. The molecule has 1 saturated heterocycles. The summed E-state index contributed by atoms with van der Waals surface area (Å²) in [5.74, 6) is -0.359. The maximum absolute atomic E-state index is 13.4. The lowest BCUT2D eigenvalue weighted by Crippen LogP contribution is -2.53. The highest BCUT2D eigenvalue weighted by Crippen LogP contribution is 2.20. The van der Waals surface area contributed by atoms with Crippen molar-refractivity contribution in [3.05, 3.63) is 66.0 Å². The van der Waals surface area contributed by atoms with Crippen LogP contribution in [-0.4, -0.2) is 56.4 Å². The Bertz CT molecular complexity index is 929. The molecule has 0 bridgehead atoms. The molecule has 1 fully saturated rings. The monoisotopic (exact) mass is 419 g/mol. The van der Waals surface area contributed by atoms with Crippen molar-refractivity contribution in [1.82, 2.24) is 14.5 Å². The smallest absolute Gasteiger partial charge is 0.317 e. The zero-order valence-corrected chi connectivity index (χ0v) is 17.2. The number of amides is 2. The normalized spacial score (nSPS) is 16.4. The molecular weight excluding hydrogens is 393 g/mol. The number of carbonyl (C=O) groups excluding carboxylic acids is 1. The van der Waals surface area contributed by atoms with Crippen LogP contribution < -0.4 is 5.32 Å². The fourth-order valence-electron chi connectivity index (χ4n) is 3.45. The highest BCUT2D eigenvalue weighted by atomic mass is 32.2. The van der Waals surface area contributed by atoms with Crippen LogP contribution in [-0.2, 0) is 10.0 Å². The van der Waals surface area contributed by atoms with Gasteiger partial charge in [0.2, 0.25) is 10.0 Å². The average molecular weight is 420 g/mol. The van der Waals surface area contributed by atoms with Crippen molar-refractivity contribution < 1.29 is 17.6 Å². The topological polar surface area (TPSA) is 69.7 Å². The highest BCUT2D eigenvalue weighted by Gasteiger charge is 2.30. The van der Waals surface area contributed by atoms with E-state index in [0.29, 0.717) is 19.6 Å². The van der Waals surface area contributed by atoms with Gasteiger partial charge in [0, 0.05) is 38.6 Å². The summed E-state index contributed by atoms with van der Waals surface area (Å²) >= 11 is 0. The van der Waals surface area contributed by atoms with E-state index in [4.69, 9.17) is 0 Å². The Balaban J connectivity index is 1.54. The van der Waals surface area contributed by atoms with Crippen LogP contribution in [0.1, 0.15) is 24.8 Å². The first-order valence-corrected chi connectivity index (χ1v) is 11.2. The van der Waals surface area contributed by atoms with Crippen LogP contribution in [0.25, 0.3) is 0 Å². The maximum Gasteiger partial charge on any atom is 0.317 e. The standard InChI is InChI=1S/C21H26FN3O3S/c1-2-17(18-7-4-3-5-8-18)16-23-21(26)24-11-13-25(14-12-24)29(27,28)20-10-6-9-19(22)15-20/h3-10,15,17H,2,11-14,16H2,1H3,(H,23,26)/t17-/m1/s1. The summed E-state index contributed by atoms with van der Waals surface area (Å²) in [7, 11) is -3.76. The van der Waals surface area contributed by atoms with Crippen molar-refractivity contribution in [3.8, 4) is 0 Å². The SMILES string of the molecule is CC[C@H](CNC(=O)N1CCN(S(=O)(=O)c2cccc(F)c2)CC1)c1ccccc1. The molecule has 3 rings (SSSR count). The van der Waals surface area contributed by atoms with Crippen LogP contribution in [0.4, 0.5) is 9.18 Å². The van der Waals surface area contributed by atoms with Crippen molar-refractivity contribution in [2.75, 3.05) is 32.7 Å². The van der Waals surface area contributed by atoms with Gasteiger partial charge in [-0.2, -0.15) is 4.31 Å². The van der Waals surface area contributed by atoms with Crippen LogP contribution in [0.5, 0.6) is 0 Å². The number of halogens is 1. The summed E-state index contributed by atoms with van der Waals surface area (Å²) in [6, 6.07) is 14.8. The summed E-state index contributed by atoms with van der Waals surface area (Å²) in [4.78, 5) is 14.1. The number of carbonyl (C=O) groups is 1. The fourth-order valence-corrected chi connectivity index (χ4v) is 4.91. The van der Waals surface area contributed by atoms with Crippen LogP contribution in [0.2, 0.25) is 0 Å². The molecule has 1 N–H and O–H groups in total. The van der Waals surface area contributed by atoms with Gasteiger partial charge in [-0.1, -0.05) is 43.3 Å². The van der Waals surface area contributed by atoms with E-state index in [0.717, 1.165) is 12.5 Å². The predicted molar refractivity (Wildman–Crippen MR) is 110 cm³/mol. The minimum Gasteiger partial charge on any atom is -0.337 e. The van der Waals surface area contributed by atoms with Crippen LogP contribution in [0.15, 0.2) is 59.5 Å². The molecule has 2 aromatic carbocycles. The third-order valence-electron chi connectivity index (χ3n) is 5.22. The number of sulfonamides is 1. The van der Waals surface area contributed by atoms with E-state index in [2.05, 4.69) is 24.4 Å². The van der Waals surface area contributed by atoms with Gasteiger partial charge in [0.05, 0.1) is 4.90 Å². The molecule has 0 saturated carbocycles. The largest absolute Gasteiger partial charge is 0.337 e. The molecule has 6 nitrogen and oxygen atoms in total. The molecular formula is C21H26FN3O3S.